The number of Topliss-reactive ketones (excluding diaryl/α,β-unsaturated/α-hetero) is 1. The molecule has 2 heterocycles. The predicted octanol–water partition coefficient (Wildman–Crippen LogP) is 3.96. The second-order valence-electron chi connectivity index (χ2n) is 7.72. The molecule has 1 aliphatic heterocycles. The van der Waals surface area contributed by atoms with Crippen LogP contribution in [0.25, 0.3) is 0 Å². The van der Waals surface area contributed by atoms with E-state index in [-0.39, 0.29) is 34.2 Å². The molecule has 2 atom stereocenters. The Morgan fingerprint density at radius 1 is 1.21 bits per heavy atom. The van der Waals surface area contributed by atoms with Gasteiger partial charge in [0.25, 0.3) is 0 Å². The highest BCUT2D eigenvalue weighted by Gasteiger charge is 2.35. The van der Waals surface area contributed by atoms with E-state index in [4.69, 9.17) is 0 Å². The molecule has 3 rings (SSSR count). The lowest BCUT2D eigenvalue weighted by Crippen LogP contribution is -2.48. The SMILES string of the molecule is O=C(/C=C/[C@@H](CC(=O)[C@@H]1CCN1)CC1CCCCC1)Nc1nnc(C(F)(F)F)s1. The third-order valence-electron chi connectivity index (χ3n) is 5.45. The average Bonchev–Trinajstić information content (AvgIpc) is 3.08. The Balaban J connectivity index is 1.58. The fourth-order valence-corrected chi connectivity index (χ4v) is 4.42. The number of amides is 1. The molecule has 0 bridgehead atoms. The zero-order chi connectivity index (χ0) is 20.9. The van der Waals surface area contributed by atoms with Gasteiger partial charge in [-0.1, -0.05) is 49.5 Å². The first-order valence-corrected chi connectivity index (χ1v) is 10.8. The molecule has 1 aliphatic carbocycles. The van der Waals surface area contributed by atoms with Crippen LogP contribution in [0.1, 0.15) is 56.4 Å². The zero-order valence-electron chi connectivity index (χ0n) is 16.0. The van der Waals surface area contributed by atoms with E-state index in [1.54, 1.807) is 6.08 Å². The maximum atomic E-state index is 12.6. The van der Waals surface area contributed by atoms with Gasteiger partial charge in [0.15, 0.2) is 0 Å². The minimum atomic E-state index is -4.59. The van der Waals surface area contributed by atoms with Gasteiger partial charge in [-0.3, -0.25) is 14.9 Å². The van der Waals surface area contributed by atoms with Crippen LogP contribution in [0, 0.1) is 11.8 Å². The van der Waals surface area contributed by atoms with Crippen molar-refractivity contribution in [1.29, 1.82) is 0 Å². The molecular weight excluding hydrogens is 405 g/mol. The first-order valence-electron chi connectivity index (χ1n) is 9.97. The monoisotopic (exact) mass is 430 g/mol. The Labute approximate surface area is 171 Å². The molecule has 29 heavy (non-hydrogen) atoms. The maximum Gasteiger partial charge on any atom is 0.445 e. The lowest BCUT2D eigenvalue weighted by molar-refractivity contribution is -0.138. The summed E-state index contributed by atoms with van der Waals surface area (Å²) in [7, 11) is 0. The van der Waals surface area contributed by atoms with Crippen LogP contribution in [0.2, 0.25) is 0 Å². The topological polar surface area (TPSA) is 84.0 Å². The molecule has 1 saturated carbocycles. The van der Waals surface area contributed by atoms with Gasteiger partial charge in [0, 0.05) is 6.42 Å². The lowest BCUT2D eigenvalue weighted by Gasteiger charge is -2.29. The van der Waals surface area contributed by atoms with Gasteiger partial charge < -0.3 is 5.32 Å². The number of nitrogens with one attached hydrogen (secondary N) is 2. The number of anilines is 1. The third-order valence-corrected chi connectivity index (χ3v) is 6.34. The smallest absolute Gasteiger partial charge is 0.307 e. The quantitative estimate of drug-likeness (QED) is 0.610. The van der Waals surface area contributed by atoms with E-state index in [1.165, 1.54) is 25.3 Å². The maximum absolute atomic E-state index is 12.6. The van der Waals surface area contributed by atoms with Crippen molar-refractivity contribution in [1.82, 2.24) is 15.5 Å². The Bertz CT molecular complexity index is 740. The van der Waals surface area contributed by atoms with Crippen molar-refractivity contribution in [3.63, 3.8) is 0 Å². The number of rotatable bonds is 8. The van der Waals surface area contributed by atoms with E-state index in [1.807, 2.05) is 0 Å². The predicted molar refractivity (Wildman–Crippen MR) is 103 cm³/mol. The van der Waals surface area contributed by atoms with Gasteiger partial charge in [0.2, 0.25) is 16.0 Å². The summed E-state index contributed by atoms with van der Waals surface area (Å²) < 4.78 is 37.7. The van der Waals surface area contributed by atoms with Gasteiger partial charge in [0.05, 0.1) is 6.04 Å². The molecule has 0 spiro atoms. The van der Waals surface area contributed by atoms with Crippen LogP contribution in [0.3, 0.4) is 0 Å². The second-order valence-corrected chi connectivity index (χ2v) is 8.70. The Morgan fingerprint density at radius 2 is 1.93 bits per heavy atom. The van der Waals surface area contributed by atoms with Crippen LogP contribution in [0.4, 0.5) is 18.3 Å². The number of halogens is 3. The van der Waals surface area contributed by atoms with E-state index in [9.17, 15) is 22.8 Å². The summed E-state index contributed by atoms with van der Waals surface area (Å²) in [6.45, 7) is 0.851. The highest BCUT2D eigenvalue weighted by atomic mass is 32.1. The number of ketones is 1. The fraction of sp³-hybridized carbons (Fsp3) is 0.684. The fourth-order valence-electron chi connectivity index (χ4n) is 3.80. The molecule has 1 aromatic heterocycles. The molecule has 2 aliphatic rings. The van der Waals surface area contributed by atoms with Crippen molar-refractivity contribution >= 4 is 28.2 Å². The zero-order valence-corrected chi connectivity index (χ0v) is 16.8. The van der Waals surface area contributed by atoms with E-state index < -0.39 is 17.1 Å². The van der Waals surface area contributed by atoms with Crippen LogP contribution in [0.15, 0.2) is 12.2 Å². The number of carbonyl (C=O) groups excluding carboxylic acids is 2. The number of hydrogen-bond donors (Lipinski definition) is 2. The molecule has 1 aromatic rings. The highest BCUT2D eigenvalue weighted by molar-refractivity contribution is 7.15. The molecule has 0 aromatic carbocycles. The Morgan fingerprint density at radius 3 is 2.52 bits per heavy atom. The number of allylic oxidation sites excluding steroid dienone is 1. The van der Waals surface area contributed by atoms with E-state index >= 15 is 0 Å². The minimum Gasteiger partial charge on any atom is -0.307 e. The van der Waals surface area contributed by atoms with Crippen molar-refractivity contribution in [2.45, 2.75) is 63.6 Å². The molecule has 0 unspecified atom stereocenters. The summed E-state index contributed by atoms with van der Waals surface area (Å²) in [5, 5.41) is 10.5. The molecule has 1 amide bonds. The highest BCUT2D eigenvalue weighted by Crippen LogP contribution is 2.33. The van der Waals surface area contributed by atoms with Gasteiger partial charge in [0.1, 0.15) is 5.78 Å². The van der Waals surface area contributed by atoms with E-state index in [0.29, 0.717) is 12.3 Å². The van der Waals surface area contributed by atoms with Crippen molar-refractivity contribution < 1.29 is 22.8 Å². The van der Waals surface area contributed by atoms with Gasteiger partial charge >= 0.3 is 6.18 Å². The largest absolute Gasteiger partial charge is 0.445 e. The standard InChI is InChI=1S/C19H25F3N4O2S/c20-19(21,22)17-25-26-18(29-17)24-16(28)7-6-13(10-12-4-2-1-3-5-12)11-15(27)14-8-9-23-14/h6-7,12-14,23H,1-5,8-11H2,(H,24,26,28)/b7-6+/t13-,14+/m1/s1. The van der Waals surface area contributed by atoms with Crippen LogP contribution < -0.4 is 10.6 Å². The molecule has 10 heteroatoms. The molecule has 6 nitrogen and oxygen atoms in total. The third kappa shape index (κ3) is 6.60. The second kappa shape index (κ2) is 9.80. The summed E-state index contributed by atoms with van der Waals surface area (Å²) in [4.78, 5) is 24.5. The summed E-state index contributed by atoms with van der Waals surface area (Å²) in [5.74, 6) is 0.0684. The Hall–Kier alpha value is -1.81. The normalized spacial score (nSPS) is 21.7. The van der Waals surface area contributed by atoms with Gasteiger partial charge in [-0.25, -0.2) is 0 Å². The molecular formula is C19H25F3N4O2S. The average molecular weight is 430 g/mol. The summed E-state index contributed by atoms with van der Waals surface area (Å²) in [6.07, 6.45) is 6.39. The van der Waals surface area contributed by atoms with Crippen molar-refractivity contribution in [2.24, 2.45) is 11.8 Å². The van der Waals surface area contributed by atoms with Crippen LogP contribution in [-0.4, -0.2) is 34.5 Å². The lowest BCUT2D eigenvalue weighted by atomic mass is 9.80. The van der Waals surface area contributed by atoms with Gasteiger partial charge in [-0.2, -0.15) is 13.2 Å². The van der Waals surface area contributed by atoms with Crippen LogP contribution in [-0.2, 0) is 15.8 Å². The van der Waals surface area contributed by atoms with Gasteiger partial charge in [-0.15, -0.1) is 10.2 Å². The number of alkyl halides is 3. The molecule has 160 valence electrons. The number of nitrogens with zero attached hydrogens (tertiary/aromatic N) is 2. The number of hydrogen-bond acceptors (Lipinski definition) is 6. The summed E-state index contributed by atoms with van der Waals surface area (Å²) in [6, 6.07) is -0.0896. The molecule has 2 fully saturated rings. The van der Waals surface area contributed by atoms with E-state index in [0.717, 1.165) is 32.2 Å². The molecule has 1 saturated heterocycles. The van der Waals surface area contributed by atoms with Crippen LogP contribution >= 0.6 is 11.3 Å². The molecule has 0 radical (unpaired) electrons. The molecule has 2 N–H and O–H groups in total. The number of aromatic nitrogens is 2. The van der Waals surface area contributed by atoms with Crippen molar-refractivity contribution in [3.8, 4) is 0 Å². The number of carbonyl (C=O) groups is 2. The minimum absolute atomic E-state index is 0.0566. The van der Waals surface area contributed by atoms with Crippen LogP contribution in [0.5, 0.6) is 0 Å². The van der Waals surface area contributed by atoms with E-state index in [2.05, 4.69) is 20.8 Å². The summed E-state index contributed by atoms with van der Waals surface area (Å²) >= 11 is 0.281. The van der Waals surface area contributed by atoms with Gasteiger partial charge in [-0.05, 0) is 37.3 Å². The first-order chi connectivity index (χ1) is 13.8. The van der Waals surface area contributed by atoms with Crippen molar-refractivity contribution in [3.05, 3.63) is 17.2 Å². The van der Waals surface area contributed by atoms with Crippen molar-refractivity contribution in [2.75, 3.05) is 11.9 Å². The first kappa shape index (κ1) is 21.9. The Kier molecular flexibility index (Phi) is 7.39. The summed E-state index contributed by atoms with van der Waals surface area (Å²) in [5.41, 5.74) is 0.